The van der Waals surface area contributed by atoms with Crippen molar-refractivity contribution in [3.63, 3.8) is 0 Å². The molecule has 2 aromatic rings. The first kappa shape index (κ1) is 24.8. The van der Waals surface area contributed by atoms with Gasteiger partial charge in [0.05, 0.1) is 23.4 Å². The molecule has 6 heteroatoms. The SMILES string of the molecule is CCOC1CC(c2ccccc2)OC2(CCN(C(=O)c3ccc(CC(C)(C)O)c(F)c3)CC2)C1. The molecule has 1 amide bonds. The fourth-order valence-electron chi connectivity index (χ4n) is 5.28. The summed E-state index contributed by atoms with van der Waals surface area (Å²) in [5.41, 5.74) is 0.575. The molecule has 2 aliphatic rings. The zero-order valence-corrected chi connectivity index (χ0v) is 20.4. The number of halogens is 1. The standard InChI is InChI=1S/C28H36FNO4/c1-4-33-23-17-25(20-8-6-5-7-9-20)34-28(19-23)12-14-30(15-13-28)26(31)21-10-11-22(24(29)16-21)18-27(2,3)32/h5-11,16,23,25,32H,4,12-15,17-19H2,1-3H3. The molecule has 2 unspecified atom stereocenters. The van der Waals surface area contributed by atoms with Gasteiger partial charge in [-0.1, -0.05) is 36.4 Å². The molecule has 2 aromatic carbocycles. The van der Waals surface area contributed by atoms with Gasteiger partial charge in [0.1, 0.15) is 5.82 Å². The Kier molecular flexibility index (Phi) is 7.41. The summed E-state index contributed by atoms with van der Waals surface area (Å²) in [6.07, 6.45) is 3.41. The summed E-state index contributed by atoms with van der Waals surface area (Å²) in [6.45, 7) is 7.09. The highest BCUT2D eigenvalue weighted by atomic mass is 19.1. The lowest BCUT2D eigenvalue weighted by atomic mass is 9.80. The first-order chi connectivity index (χ1) is 16.2. The lowest BCUT2D eigenvalue weighted by Gasteiger charge is -2.48. The van der Waals surface area contributed by atoms with Crippen LogP contribution >= 0.6 is 0 Å². The van der Waals surface area contributed by atoms with Crippen LogP contribution in [0.2, 0.25) is 0 Å². The molecule has 1 N–H and O–H groups in total. The number of hydrogen-bond acceptors (Lipinski definition) is 4. The van der Waals surface area contributed by atoms with Crippen LogP contribution in [-0.2, 0) is 15.9 Å². The van der Waals surface area contributed by atoms with Crippen LogP contribution < -0.4 is 0 Å². The van der Waals surface area contributed by atoms with Gasteiger partial charge >= 0.3 is 0 Å². The van der Waals surface area contributed by atoms with Gasteiger partial charge < -0.3 is 19.5 Å². The summed E-state index contributed by atoms with van der Waals surface area (Å²) in [7, 11) is 0. The second-order valence-corrected chi connectivity index (χ2v) is 10.3. The summed E-state index contributed by atoms with van der Waals surface area (Å²) in [6, 6.07) is 14.8. The van der Waals surface area contributed by atoms with Crippen molar-refractivity contribution in [1.82, 2.24) is 4.90 Å². The fourth-order valence-corrected chi connectivity index (χ4v) is 5.28. The molecule has 0 aromatic heterocycles. The van der Waals surface area contributed by atoms with Gasteiger partial charge in [-0.2, -0.15) is 0 Å². The van der Waals surface area contributed by atoms with Crippen LogP contribution in [0.25, 0.3) is 0 Å². The molecular weight excluding hydrogens is 433 g/mol. The topological polar surface area (TPSA) is 59.0 Å². The average Bonchev–Trinajstić information content (AvgIpc) is 2.80. The fraction of sp³-hybridized carbons (Fsp3) is 0.536. The zero-order valence-electron chi connectivity index (χ0n) is 20.4. The summed E-state index contributed by atoms with van der Waals surface area (Å²) < 4.78 is 27.3. The second kappa shape index (κ2) is 10.1. The molecule has 2 aliphatic heterocycles. The number of aliphatic hydroxyl groups is 1. The van der Waals surface area contributed by atoms with Gasteiger partial charge in [0.15, 0.2) is 0 Å². The summed E-state index contributed by atoms with van der Waals surface area (Å²) in [4.78, 5) is 14.9. The van der Waals surface area contributed by atoms with E-state index in [4.69, 9.17) is 9.47 Å². The Bertz CT molecular complexity index is 980. The molecule has 184 valence electrons. The highest BCUT2D eigenvalue weighted by Crippen LogP contribution is 2.44. The predicted molar refractivity (Wildman–Crippen MR) is 129 cm³/mol. The van der Waals surface area contributed by atoms with Crippen LogP contribution in [0.15, 0.2) is 48.5 Å². The minimum Gasteiger partial charge on any atom is -0.390 e. The van der Waals surface area contributed by atoms with Crippen LogP contribution in [0.1, 0.15) is 74.0 Å². The average molecular weight is 470 g/mol. The maximum Gasteiger partial charge on any atom is 0.253 e. The Labute approximate surface area is 201 Å². The molecule has 0 saturated carbocycles. The van der Waals surface area contributed by atoms with Crippen molar-refractivity contribution in [2.75, 3.05) is 19.7 Å². The van der Waals surface area contributed by atoms with Gasteiger partial charge in [0, 0.05) is 44.5 Å². The summed E-state index contributed by atoms with van der Waals surface area (Å²) >= 11 is 0. The molecule has 0 radical (unpaired) electrons. The Morgan fingerprint density at radius 3 is 2.53 bits per heavy atom. The normalized spacial score (nSPS) is 22.7. The number of piperidine rings is 1. The van der Waals surface area contributed by atoms with E-state index in [2.05, 4.69) is 12.1 Å². The first-order valence-corrected chi connectivity index (χ1v) is 12.3. The lowest BCUT2D eigenvalue weighted by molar-refractivity contribution is -0.190. The molecule has 2 heterocycles. The third kappa shape index (κ3) is 5.85. The Morgan fingerprint density at radius 1 is 1.21 bits per heavy atom. The number of rotatable bonds is 6. The molecule has 5 nitrogen and oxygen atoms in total. The van der Waals surface area contributed by atoms with Crippen molar-refractivity contribution in [2.45, 2.75) is 76.3 Å². The number of amides is 1. The number of carbonyl (C=O) groups is 1. The number of hydrogen-bond donors (Lipinski definition) is 1. The van der Waals surface area contributed by atoms with Gasteiger partial charge in [-0.15, -0.1) is 0 Å². The monoisotopic (exact) mass is 469 g/mol. The third-order valence-electron chi connectivity index (χ3n) is 6.93. The number of carbonyl (C=O) groups excluding carboxylic acids is 1. The van der Waals surface area contributed by atoms with E-state index in [1.807, 2.05) is 25.1 Å². The Hall–Kier alpha value is -2.28. The molecule has 0 aliphatic carbocycles. The number of benzene rings is 2. The third-order valence-corrected chi connectivity index (χ3v) is 6.93. The van der Waals surface area contributed by atoms with Gasteiger partial charge in [-0.25, -0.2) is 4.39 Å². The smallest absolute Gasteiger partial charge is 0.253 e. The van der Waals surface area contributed by atoms with Crippen molar-refractivity contribution in [3.05, 3.63) is 71.0 Å². The molecule has 0 bridgehead atoms. The highest BCUT2D eigenvalue weighted by Gasteiger charge is 2.45. The number of likely N-dealkylation sites (tertiary alicyclic amines) is 1. The van der Waals surface area contributed by atoms with Crippen molar-refractivity contribution in [3.8, 4) is 0 Å². The summed E-state index contributed by atoms with van der Waals surface area (Å²) in [5, 5.41) is 9.98. The highest BCUT2D eigenvalue weighted by molar-refractivity contribution is 5.94. The van der Waals surface area contributed by atoms with E-state index in [0.29, 0.717) is 30.8 Å². The maximum absolute atomic E-state index is 14.6. The van der Waals surface area contributed by atoms with Gasteiger partial charge in [-0.05, 0) is 56.9 Å². The van der Waals surface area contributed by atoms with Crippen molar-refractivity contribution < 1.29 is 23.8 Å². The van der Waals surface area contributed by atoms with Gasteiger partial charge in [0.2, 0.25) is 0 Å². The van der Waals surface area contributed by atoms with Gasteiger partial charge in [0.25, 0.3) is 5.91 Å². The first-order valence-electron chi connectivity index (χ1n) is 12.3. The molecule has 2 saturated heterocycles. The van der Waals surface area contributed by atoms with Crippen LogP contribution in [0.4, 0.5) is 4.39 Å². The zero-order chi connectivity index (χ0) is 24.3. The molecule has 2 atom stereocenters. The van der Waals surface area contributed by atoms with Gasteiger partial charge in [-0.3, -0.25) is 4.79 Å². The molecule has 2 fully saturated rings. The minimum absolute atomic E-state index is 0.0221. The van der Waals surface area contributed by atoms with E-state index in [1.54, 1.807) is 30.9 Å². The number of nitrogens with zero attached hydrogens (tertiary/aromatic N) is 1. The summed E-state index contributed by atoms with van der Waals surface area (Å²) in [5.74, 6) is -0.623. The van der Waals surface area contributed by atoms with E-state index in [9.17, 15) is 14.3 Å². The van der Waals surface area contributed by atoms with Crippen molar-refractivity contribution in [2.24, 2.45) is 0 Å². The van der Waals surface area contributed by atoms with E-state index in [1.165, 1.54) is 6.07 Å². The van der Waals surface area contributed by atoms with Crippen LogP contribution in [0, 0.1) is 5.82 Å². The van der Waals surface area contributed by atoms with Crippen molar-refractivity contribution >= 4 is 5.91 Å². The van der Waals surface area contributed by atoms with E-state index in [0.717, 1.165) is 31.2 Å². The van der Waals surface area contributed by atoms with Crippen molar-refractivity contribution in [1.29, 1.82) is 0 Å². The van der Waals surface area contributed by atoms with E-state index < -0.39 is 11.4 Å². The predicted octanol–water partition coefficient (Wildman–Crippen LogP) is 5.07. The Morgan fingerprint density at radius 2 is 1.91 bits per heavy atom. The lowest BCUT2D eigenvalue weighted by Crippen LogP contribution is -2.52. The quantitative estimate of drug-likeness (QED) is 0.642. The largest absolute Gasteiger partial charge is 0.390 e. The van der Waals surface area contributed by atoms with Crippen LogP contribution in [0.3, 0.4) is 0 Å². The van der Waals surface area contributed by atoms with E-state index in [-0.39, 0.29) is 30.1 Å². The molecule has 1 spiro atoms. The maximum atomic E-state index is 14.6. The molecule has 34 heavy (non-hydrogen) atoms. The van der Waals surface area contributed by atoms with Crippen LogP contribution in [-0.4, -0.2) is 52.9 Å². The van der Waals surface area contributed by atoms with E-state index >= 15 is 0 Å². The minimum atomic E-state index is -1.01. The molecule has 4 rings (SSSR count). The number of ether oxygens (including phenoxy) is 2. The molecular formula is C28H36FNO4. The van der Waals surface area contributed by atoms with Crippen LogP contribution in [0.5, 0.6) is 0 Å². The Balaban J connectivity index is 1.44. The second-order valence-electron chi connectivity index (χ2n) is 10.3.